The number of amides is 1. The van der Waals surface area contributed by atoms with Crippen LogP contribution in [0.4, 0.5) is 0 Å². The number of para-hydroxylation sites is 1. The number of nitrogens with zero attached hydrogens (tertiary/aromatic N) is 4. The number of benzene rings is 1. The van der Waals surface area contributed by atoms with E-state index >= 15 is 0 Å². The molecule has 0 fully saturated rings. The molecule has 0 aliphatic carbocycles. The number of ether oxygens (including phenoxy) is 1. The number of fused-ring (bicyclic) bond motifs is 1. The van der Waals surface area contributed by atoms with E-state index in [0.717, 1.165) is 11.1 Å². The standard InChI is InChI=1S/C21H19N5O2/c1-26-20-17(13-24-26)16(21(27)23-12-14-6-5-9-22-11-14)10-18(25-20)15-7-3-4-8-19(15)28-2/h3-11,13H,12H2,1-2H3,(H,23,27). The molecule has 1 N–H and O–H groups in total. The van der Waals surface area contributed by atoms with Gasteiger partial charge in [-0.2, -0.15) is 5.10 Å². The van der Waals surface area contributed by atoms with Crippen molar-refractivity contribution in [1.29, 1.82) is 0 Å². The second-order valence-electron chi connectivity index (χ2n) is 6.30. The van der Waals surface area contributed by atoms with Crippen molar-refractivity contribution in [2.75, 3.05) is 7.11 Å². The molecule has 0 saturated heterocycles. The van der Waals surface area contributed by atoms with Gasteiger partial charge in [0, 0.05) is 31.5 Å². The van der Waals surface area contributed by atoms with Crippen molar-refractivity contribution in [1.82, 2.24) is 25.1 Å². The lowest BCUT2D eigenvalue weighted by Gasteiger charge is -2.11. The average Bonchev–Trinajstić information content (AvgIpc) is 3.13. The molecule has 7 nitrogen and oxygen atoms in total. The van der Waals surface area contributed by atoms with Crippen LogP contribution in [0.1, 0.15) is 15.9 Å². The minimum Gasteiger partial charge on any atom is -0.496 e. The molecule has 0 atom stereocenters. The van der Waals surface area contributed by atoms with Crippen molar-refractivity contribution in [2.45, 2.75) is 6.54 Å². The van der Waals surface area contributed by atoms with Gasteiger partial charge in [0.1, 0.15) is 5.75 Å². The van der Waals surface area contributed by atoms with Crippen molar-refractivity contribution < 1.29 is 9.53 Å². The molecular weight excluding hydrogens is 354 g/mol. The summed E-state index contributed by atoms with van der Waals surface area (Å²) in [5.41, 5.74) is 3.55. The zero-order valence-electron chi connectivity index (χ0n) is 15.6. The Morgan fingerprint density at radius 2 is 2.04 bits per heavy atom. The minimum atomic E-state index is -0.194. The van der Waals surface area contributed by atoms with Gasteiger partial charge < -0.3 is 10.1 Å². The maximum absolute atomic E-state index is 13.0. The van der Waals surface area contributed by atoms with Gasteiger partial charge in [0.25, 0.3) is 5.91 Å². The third-order valence-corrected chi connectivity index (χ3v) is 4.51. The van der Waals surface area contributed by atoms with Crippen LogP contribution >= 0.6 is 0 Å². The maximum atomic E-state index is 13.0. The van der Waals surface area contributed by atoms with Gasteiger partial charge in [-0.1, -0.05) is 18.2 Å². The number of carbonyl (C=O) groups excluding carboxylic acids is 1. The summed E-state index contributed by atoms with van der Waals surface area (Å²) in [6, 6.07) is 13.1. The molecule has 140 valence electrons. The summed E-state index contributed by atoms with van der Waals surface area (Å²) in [6.07, 6.45) is 5.09. The predicted molar refractivity (Wildman–Crippen MR) is 106 cm³/mol. The van der Waals surface area contributed by atoms with Gasteiger partial charge in [-0.3, -0.25) is 14.5 Å². The molecular formula is C21H19N5O2. The minimum absolute atomic E-state index is 0.194. The molecule has 1 aromatic carbocycles. The zero-order valence-corrected chi connectivity index (χ0v) is 15.6. The van der Waals surface area contributed by atoms with Crippen LogP contribution in [-0.4, -0.2) is 32.8 Å². The number of nitrogens with one attached hydrogen (secondary N) is 1. The Bertz CT molecular complexity index is 1140. The SMILES string of the molecule is COc1ccccc1-c1cc(C(=O)NCc2cccnc2)c2cnn(C)c2n1. The van der Waals surface area contributed by atoms with Crippen molar-refractivity contribution in [3.05, 3.63) is 72.2 Å². The summed E-state index contributed by atoms with van der Waals surface area (Å²) in [5, 5.41) is 7.92. The average molecular weight is 373 g/mol. The number of hydrogen-bond donors (Lipinski definition) is 1. The van der Waals surface area contributed by atoms with Gasteiger partial charge in [0.05, 0.1) is 30.0 Å². The normalized spacial score (nSPS) is 10.8. The summed E-state index contributed by atoms with van der Waals surface area (Å²) in [6.45, 7) is 0.390. The quantitative estimate of drug-likeness (QED) is 0.582. The second kappa shape index (κ2) is 7.48. The third-order valence-electron chi connectivity index (χ3n) is 4.51. The number of aromatic nitrogens is 4. The highest BCUT2D eigenvalue weighted by atomic mass is 16.5. The summed E-state index contributed by atoms with van der Waals surface area (Å²) in [7, 11) is 3.42. The van der Waals surface area contributed by atoms with Gasteiger partial charge in [0.15, 0.2) is 5.65 Å². The lowest BCUT2D eigenvalue weighted by molar-refractivity contribution is 0.0952. The number of aryl methyl sites for hydroxylation is 1. The molecule has 28 heavy (non-hydrogen) atoms. The Morgan fingerprint density at radius 3 is 2.82 bits per heavy atom. The number of pyridine rings is 2. The Balaban J connectivity index is 1.76. The highest BCUT2D eigenvalue weighted by Gasteiger charge is 2.18. The van der Waals surface area contributed by atoms with E-state index in [1.807, 2.05) is 36.4 Å². The third kappa shape index (κ3) is 3.29. The molecule has 7 heteroatoms. The fourth-order valence-electron chi connectivity index (χ4n) is 3.08. The lowest BCUT2D eigenvalue weighted by Crippen LogP contribution is -2.23. The Hall–Kier alpha value is -3.74. The zero-order chi connectivity index (χ0) is 19.5. The molecule has 0 bridgehead atoms. The van der Waals surface area contributed by atoms with E-state index in [-0.39, 0.29) is 5.91 Å². The maximum Gasteiger partial charge on any atom is 0.252 e. The topological polar surface area (TPSA) is 81.9 Å². The predicted octanol–water partition coefficient (Wildman–Crippen LogP) is 2.97. The molecule has 0 saturated carbocycles. The Kier molecular flexibility index (Phi) is 4.72. The molecule has 0 unspecified atom stereocenters. The molecule has 0 spiro atoms. The molecule has 0 aliphatic heterocycles. The molecule has 4 aromatic rings. The first-order valence-electron chi connectivity index (χ1n) is 8.80. The molecule has 0 aliphatic rings. The van der Waals surface area contributed by atoms with Crippen molar-refractivity contribution in [3.63, 3.8) is 0 Å². The van der Waals surface area contributed by atoms with E-state index in [4.69, 9.17) is 9.72 Å². The Morgan fingerprint density at radius 1 is 1.18 bits per heavy atom. The fraction of sp³-hybridized carbons (Fsp3) is 0.143. The number of hydrogen-bond acceptors (Lipinski definition) is 5. The second-order valence-corrected chi connectivity index (χ2v) is 6.30. The molecule has 3 aromatic heterocycles. The molecule has 1 amide bonds. The number of methoxy groups -OCH3 is 1. The smallest absolute Gasteiger partial charge is 0.252 e. The first-order chi connectivity index (χ1) is 13.7. The summed E-state index contributed by atoms with van der Waals surface area (Å²) in [4.78, 5) is 21.7. The fourth-order valence-corrected chi connectivity index (χ4v) is 3.08. The van der Waals surface area contributed by atoms with Gasteiger partial charge in [-0.15, -0.1) is 0 Å². The molecule has 0 radical (unpaired) electrons. The lowest BCUT2D eigenvalue weighted by atomic mass is 10.1. The Labute approximate surface area is 162 Å². The monoisotopic (exact) mass is 373 g/mol. The van der Waals surface area contributed by atoms with E-state index in [9.17, 15) is 4.79 Å². The van der Waals surface area contributed by atoms with E-state index in [0.29, 0.717) is 34.6 Å². The van der Waals surface area contributed by atoms with Gasteiger partial charge >= 0.3 is 0 Å². The van der Waals surface area contributed by atoms with E-state index in [1.165, 1.54) is 0 Å². The van der Waals surface area contributed by atoms with Crippen LogP contribution in [0, 0.1) is 0 Å². The summed E-state index contributed by atoms with van der Waals surface area (Å²) >= 11 is 0. The van der Waals surface area contributed by atoms with Crippen LogP contribution in [0.3, 0.4) is 0 Å². The summed E-state index contributed by atoms with van der Waals surface area (Å²) in [5.74, 6) is 0.499. The summed E-state index contributed by atoms with van der Waals surface area (Å²) < 4.78 is 7.12. The first-order valence-corrected chi connectivity index (χ1v) is 8.80. The molecule has 4 rings (SSSR count). The first kappa shape index (κ1) is 17.7. The largest absolute Gasteiger partial charge is 0.496 e. The highest BCUT2D eigenvalue weighted by Crippen LogP contribution is 2.31. The van der Waals surface area contributed by atoms with Crippen LogP contribution in [0.25, 0.3) is 22.3 Å². The highest BCUT2D eigenvalue weighted by molar-refractivity contribution is 6.06. The van der Waals surface area contributed by atoms with Crippen LogP contribution < -0.4 is 10.1 Å². The van der Waals surface area contributed by atoms with Gasteiger partial charge in [-0.05, 0) is 29.8 Å². The van der Waals surface area contributed by atoms with Crippen molar-refractivity contribution in [2.24, 2.45) is 7.05 Å². The van der Waals surface area contributed by atoms with Crippen LogP contribution in [0.5, 0.6) is 5.75 Å². The van der Waals surface area contributed by atoms with Crippen LogP contribution in [0.15, 0.2) is 61.1 Å². The molecule has 3 heterocycles. The van der Waals surface area contributed by atoms with Gasteiger partial charge in [-0.25, -0.2) is 4.98 Å². The van der Waals surface area contributed by atoms with Crippen LogP contribution in [0.2, 0.25) is 0 Å². The number of carbonyl (C=O) groups is 1. The van der Waals surface area contributed by atoms with Gasteiger partial charge in [0.2, 0.25) is 0 Å². The van der Waals surface area contributed by atoms with E-state index < -0.39 is 0 Å². The van der Waals surface area contributed by atoms with Crippen molar-refractivity contribution in [3.8, 4) is 17.0 Å². The van der Waals surface area contributed by atoms with Crippen molar-refractivity contribution >= 4 is 16.9 Å². The van der Waals surface area contributed by atoms with E-state index in [1.54, 1.807) is 43.5 Å². The van der Waals surface area contributed by atoms with E-state index in [2.05, 4.69) is 15.4 Å². The van der Waals surface area contributed by atoms with Crippen LogP contribution in [-0.2, 0) is 13.6 Å². The number of rotatable bonds is 5.